The van der Waals surface area contributed by atoms with Crippen molar-refractivity contribution in [2.24, 2.45) is 9.88 Å². The van der Waals surface area contributed by atoms with Crippen molar-refractivity contribution in [3.8, 4) is 5.75 Å². The van der Waals surface area contributed by atoms with Crippen LogP contribution in [0.2, 0.25) is 0 Å². The van der Waals surface area contributed by atoms with E-state index in [1.54, 1.807) is 12.1 Å². The van der Waals surface area contributed by atoms with Gasteiger partial charge < -0.3 is 9.09 Å². The van der Waals surface area contributed by atoms with Crippen LogP contribution in [0.3, 0.4) is 0 Å². The molecule has 5 rings (SSSR count). The van der Waals surface area contributed by atoms with Gasteiger partial charge >= 0.3 is 0 Å². The van der Waals surface area contributed by atoms with Crippen molar-refractivity contribution in [2.75, 3.05) is 0 Å². The Morgan fingerprint density at radius 3 is 2.11 bits per heavy atom. The number of rotatable bonds is 6. The molecule has 2 N–H and O–H groups in total. The average molecular weight is 546 g/mol. The van der Waals surface area contributed by atoms with Crippen LogP contribution in [0.5, 0.6) is 5.75 Å². The minimum absolute atomic E-state index is 0.0499. The lowest BCUT2D eigenvalue weighted by atomic mass is 10.1. The summed E-state index contributed by atoms with van der Waals surface area (Å²) >= 11 is 0. The van der Waals surface area contributed by atoms with Gasteiger partial charge in [0.05, 0.1) is 10.6 Å². The molecular formula is C30H32N3O3PS. The first-order valence-electron chi connectivity index (χ1n) is 12.5. The Labute approximate surface area is 224 Å². The number of hydrogen-bond acceptors (Lipinski definition) is 4. The predicted octanol–water partition coefficient (Wildman–Crippen LogP) is 7.41. The Balaban J connectivity index is 1.82. The lowest BCUT2D eigenvalue weighted by Crippen LogP contribution is -2.27. The Kier molecular flexibility index (Phi) is 6.72. The molecule has 1 heterocycles. The fraction of sp³-hybridized carbons (Fsp3) is 0.200. The maximum Gasteiger partial charge on any atom is 0.238 e. The van der Waals surface area contributed by atoms with Gasteiger partial charge in [0.15, 0.2) is 7.28 Å². The van der Waals surface area contributed by atoms with Gasteiger partial charge in [-0.2, -0.15) is 0 Å². The van der Waals surface area contributed by atoms with Crippen LogP contribution in [-0.4, -0.2) is 18.1 Å². The van der Waals surface area contributed by atoms with Crippen LogP contribution in [-0.2, 0) is 16.6 Å². The number of fused-ring (bicyclic) bond motifs is 3. The van der Waals surface area contributed by atoms with E-state index in [2.05, 4.69) is 74.7 Å². The molecule has 0 saturated heterocycles. The van der Waals surface area contributed by atoms with Gasteiger partial charge in [-0.05, 0) is 67.6 Å². The van der Waals surface area contributed by atoms with Gasteiger partial charge in [0, 0.05) is 38.8 Å². The Hall–Kier alpha value is -3.38. The summed E-state index contributed by atoms with van der Waals surface area (Å²) in [6.07, 6.45) is 0. The molecule has 1 aromatic heterocycles. The number of aryl methyl sites for hydroxylation is 1. The topological polar surface area (TPSA) is 86.7 Å². The molecule has 0 radical (unpaired) electrons. The SMILES string of the molecule is CCn1c2ccccc2c2cc(P(=Nc3ccc(S(N)(=O)=O)cc3)(Oc3ccccc3)C(C)(C)C)ccc21. The third-order valence-corrected chi connectivity index (χ3v) is 11.4. The fourth-order valence-corrected chi connectivity index (χ4v) is 8.47. The summed E-state index contributed by atoms with van der Waals surface area (Å²) in [5, 5.41) is 8.30. The van der Waals surface area contributed by atoms with Gasteiger partial charge in [0.25, 0.3) is 0 Å². The maximum atomic E-state index is 11.8. The monoisotopic (exact) mass is 545 g/mol. The average Bonchev–Trinajstić information content (AvgIpc) is 3.21. The highest BCUT2D eigenvalue weighted by Crippen LogP contribution is 2.62. The molecule has 1 unspecified atom stereocenters. The predicted molar refractivity (Wildman–Crippen MR) is 158 cm³/mol. The van der Waals surface area contributed by atoms with E-state index in [0.717, 1.165) is 23.0 Å². The van der Waals surface area contributed by atoms with E-state index in [9.17, 15) is 8.42 Å². The molecular weight excluding hydrogens is 513 g/mol. The van der Waals surface area contributed by atoms with Crippen LogP contribution in [0, 0.1) is 0 Å². The number of aromatic nitrogens is 1. The maximum absolute atomic E-state index is 11.8. The molecule has 0 spiro atoms. The smallest absolute Gasteiger partial charge is 0.238 e. The summed E-state index contributed by atoms with van der Waals surface area (Å²) in [5.74, 6) is 0.733. The summed E-state index contributed by atoms with van der Waals surface area (Å²) in [6.45, 7) is 9.46. The molecule has 0 fully saturated rings. The highest BCUT2D eigenvalue weighted by Gasteiger charge is 2.39. The molecule has 0 amide bonds. The van der Waals surface area contributed by atoms with Crippen molar-refractivity contribution in [1.82, 2.24) is 4.57 Å². The third-order valence-electron chi connectivity index (χ3n) is 6.73. The summed E-state index contributed by atoms with van der Waals surface area (Å²) in [6, 6.07) is 31.1. The molecule has 8 heteroatoms. The number of nitrogens with two attached hydrogens (primary N) is 1. The number of sulfonamides is 1. The number of nitrogens with zero attached hydrogens (tertiary/aromatic N) is 2. The molecule has 5 aromatic rings. The molecule has 1 atom stereocenters. The number of benzene rings is 4. The van der Waals surface area contributed by atoms with Gasteiger partial charge in [-0.25, -0.2) is 18.3 Å². The van der Waals surface area contributed by atoms with E-state index < -0.39 is 22.5 Å². The molecule has 6 nitrogen and oxygen atoms in total. The molecule has 0 aliphatic rings. The van der Waals surface area contributed by atoms with E-state index in [1.807, 2.05) is 30.3 Å². The number of hydrogen-bond donors (Lipinski definition) is 1. The second-order valence-corrected chi connectivity index (χ2v) is 15.2. The lowest BCUT2D eigenvalue weighted by molar-refractivity contribution is 0.571. The number of para-hydroxylation sites is 2. The van der Waals surface area contributed by atoms with Crippen LogP contribution in [0.15, 0.2) is 107 Å². The van der Waals surface area contributed by atoms with Crippen LogP contribution < -0.4 is 15.0 Å². The third kappa shape index (κ3) is 4.66. The molecule has 4 aromatic carbocycles. The van der Waals surface area contributed by atoms with Gasteiger partial charge in [-0.3, -0.25) is 0 Å². The van der Waals surface area contributed by atoms with Crippen LogP contribution in [0.25, 0.3) is 21.8 Å². The van der Waals surface area contributed by atoms with Crippen molar-refractivity contribution < 1.29 is 12.9 Å². The minimum atomic E-state index is -3.80. The summed E-state index contributed by atoms with van der Waals surface area (Å²) in [7, 11) is -6.58. The van der Waals surface area contributed by atoms with Crippen LogP contribution in [0.4, 0.5) is 5.69 Å². The van der Waals surface area contributed by atoms with E-state index >= 15 is 0 Å². The van der Waals surface area contributed by atoms with Crippen molar-refractivity contribution in [2.45, 2.75) is 44.3 Å². The summed E-state index contributed by atoms with van der Waals surface area (Å²) < 4.78 is 38.3. The number of primary sulfonamides is 1. The van der Waals surface area contributed by atoms with Crippen molar-refractivity contribution >= 4 is 50.1 Å². The molecule has 0 aliphatic heterocycles. The van der Waals surface area contributed by atoms with Crippen LogP contribution in [0.1, 0.15) is 27.7 Å². The van der Waals surface area contributed by atoms with Gasteiger partial charge in [0.2, 0.25) is 10.0 Å². The Morgan fingerprint density at radius 1 is 0.842 bits per heavy atom. The normalized spacial score (nSPS) is 13.9. The lowest BCUT2D eigenvalue weighted by Gasteiger charge is -2.37. The first kappa shape index (κ1) is 26.2. The second-order valence-electron chi connectivity index (χ2n) is 10.3. The van der Waals surface area contributed by atoms with E-state index in [1.165, 1.54) is 28.6 Å². The van der Waals surface area contributed by atoms with E-state index in [4.69, 9.17) is 14.4 Å². The van der Waals surface area contributed by atoms with Crippen LogP contribution >= 0.6 is 7.28 Å². The Bertz CT molecular complexity index is 1790. The minimum Gasteiger partial charge on any atom is -0.455 e. The second kappa shape index (κ2) is 9.73. The van der Waals surface area contributed by atoms with Gasteiger partial charge in [-0.15, -0.1) is 0 Å². The van der Waals surface area contributed by atoms with E-state index in [-0.39, 0.29) is 4.90 Å². The molecule has 38 heavy (non-hydrogen) atoms. The zero-order valence-corrected chi connectivity index (χ0v) is 23.7. The largest absolute Gasteiger partial charge is 0.455 e. The van der Waals surface area contributed by atoms with Crippen molar-refractivity contribution in [1.29, 1.82) is 0 Å². The highest BCUT2D eigenvalue weighted by atomic mass is 32.2. The summed E-state index contributed by atoms with van der Waals surface area (Å²) in [4.78, 5) is 0.0499. The zero-order chi connectivity index (χ0) is 27.1. The summed E-state index contributed by atoms with van der Waals surface area (Å²) in [5.41, 5.74) is 3.00. The van der Waals surface area contributed by atoms with Gasteiger partial charge in [0.1, 0.15) is 5.75 Å². The molecule has 0 aliphatic carbocycles. The fourth-order valence-electron chi connectivity index (χ4n) is 4.87. The molecule has 0 saturated carbocycles. The van der Waals surface area contributed by atoms with E-state index in [0.29, 0.717) is 5.69 Å². The quantitative estimate of drug-likeness (QED) is 0.225. The standard InChI is InChI=1S/C30H32N3O3PS/c1-5-33-28-14-10-9-13-26(28)27-21-24(17-20-29(27)33)37(30(2,3)4,36-23-11-7-6-8-12-23)32-22-15-18-25(19-16-22)38(31,34)35/h6-21H,5H2,1-4H3,(H2,31,34,35). The first-order valence-corrected chi connectivity index (χ1v) is 15.8. The molecule has 196 valence electrons. The zero-order valence-electron chi connectivity index (χ0n) is 22.0. The first-order chi connectivity index (χ1) is 18.0. The van der Waals surface area contributed by atoms with Crippen molar-refractivity contribution in [3.63, 3.8) is 0 Å². The van der Waals surface area contributed by atoms with Gasteiger partial charge in [-0.1, -0.05) is 57.2 Å². The Morgan fingerprint density at radius 2 is 1.47 bits per heavy atom. The highest BCUT2D eigenvalue weighted by molar-refractivity contribution is 7.89. The molecule has 0 bridgehead atoms. The van der Waals surface area contributed by atoms with Crippen molar-refractivity contribution in [3.05, 3.63) is 97.1 Å².